The van der Waals surface area contributed by atoms with Crippen LogP contribution in [0.4, 0.5) is 0 Å². The lowest BCUT2D eigenvalue weighted by Gasteiger charge is -2.20. The average molecular weight is 289 g/mol. The van der Waals surface area contributed by atoms with Crippen LogP contribution in [0.5, 0.6) is 0 Å². The van der Waals surface area contributed by atoms with Crippen LogP contribution in [0.1, 0.15) is 54.4 Å². The molecule has 1 saturated carbocycles. The number of carbonyl (C=O) groups is 2. The molecule has 0 heterocycles. The van der Waals surface area contributed by atoms with Crippen molar-refractivity contribution in [3.05, 3.63) is 35.4 Å². The predicted molar refractivity (Wildman–Crippen MR) is 81.3 cm³/mol. The van der Waals surface area contributed by atoms with Crippen LogP contribution in [0.15, 0.2) is 24.3 Å². The topological polar surface area (TPSA) is 66.4 Å². The van der Waals surface area contributed by atoms with Crippen molar-refractivity contribution in [1.29, 1.82) is 0 Å². The highest BCUT2D eigenvalue weighted by Gasteiger charge is 2.16. The fourth-order valence-electron chi connectivity index (χ4n) is 3.01. The van der Waals surface area contributed by atoms with Gasteiger partial charge in [0, 0.05) is 13.0 Å². The second-order valence-electron chi connectivity index (χ2n) is 5.77. The maximum Gasteiger partial charge on any atom is 0.335 e. The first kappa shape index (κ1) is 15.5. The Labute approximate surface area is 125 Å². The lowest BCUT2D eigenvalue weighted by atomic mass is 9.87. The lowest BCUT2D eigenvalue weighted by molar-refractivity contribution is -0.122. The van der Waals surface area contributed by atoms with Crippen LogP contribution in [-0.4, -0.2) is 23.5 Å². The molecule has 1 fully saturated rings. The second-order valence-corrected chi connectivity index (χ2v) is 5.77. The Kier molecular flexibility index (Phi) is 5.78. The zero-order valence-corrected chi connectivity index (χ0v) is 12.3. The standard InChI is InChI=1S/C17H23NO3/c19-16(12-13-6-2-1-3-7-13)18-11-10-14-8-4-5-9-15(14)17(20)21/h4-5,8-9,13H,1-3,6-7,10-12H2,(H,18,19)(H,20,21). The van der Waals surface area contributed by atoms with E-state index in [-0.39, 0.29) is 5.91 Å². The van der Waals surface area contributed by atoms with E-state index in [0.717, 1.165) is 18.4 Å². The summed E-state index contributed by atoms with van der Waals surface area (Å²) in [6, 6.07) is 6.94. The molecule has 0 aliphatic heterocycles. The number of carbonyl (C=O) groups excluding carboxylic acids is 1. The molecule has 0 spiro atoms. The van der Waals surface area contributed by atoms with Crippen LogP contribution < -0.4 is 5.32 Å². The number of carboxylic acid groups (broad SMARTS) is 1. The molecule has 4 nitrogen and oxygen atoms in total. The molecule has 0 saturated heterocycles. The number of amides is 1. The molecular weight excluding hydrogens is 266 g/mol. The highest BCUT2D eigenvalue weighted by molar-refractivity contribution is 5.89. The van der Waals surface area contributed by atoms with Crippen molar-refractivity contribution < 1.29 is 14.7 Å². The van der Waals surface area contributed by atoms with Gasteiger partial charge in [-0.3, -0.25) is 4.79 Å². The van der Waals surface area contributed by atoms with Gasteiger partial charge in [0.15, 0.2) is 0 Å². The molecule has 2 rings (SSSR count). The smallest absolute Gasteiger partial charge is 0.335 e. The van der Waals surface area contributed by atoms with E-state index < -0.39 is 5.97 Å². The minimum absolute atomic E-state index is 0.0923. The van der Waals surface area contributed by atoms with Crippen molar-refractivity contribution in [1.82, 2.24) is 5.32 Å². The van der Waals surface area contributed by atoms with Gasteiger partial charge in [-0.05, 0) is 36.8 Å². The van der Waals surface area contributed by atoms with Crippen LogP contribution in [0.25, 0.3) is 0 Å². The normalized spacial score (nSPS) is 15.6. The summed E-state index contributed by atoms with van der Waals surface area (Å²) in [6.45, 7) is 0.496. The molecule has 1 aromatic carbocycles. The van der Waals surface area contributed by atoms with E-state index in [1.807, 2.05) is 6.07 Å². The summed E-state index contributed by atoms with van der Waals surface area (Å²) in [5, 5.41) is 12.0. The number of hydrogen-bond acceptors (Lipinski definition) is 2. The van der Waals surface area contributed by atoms with Gasteiger partial charge in [0.05, 0.1) is 5.56 Å². The number of nitrogens with one attached hydrogen (secondary N) is 1. The van der Waals surface area contributed by atoms with Gasteiger partial charge in [0.25, 0.3) is 0 Å². The summed E-state index contributed by atoms with van der Waals surface area (Å²) in [5.41, 5.74) is 1.09. The Morgan fingerprint density at radius 1 is 1.14 bits per heavy atom. The van der Waals surface area contributed by atoms with Gasteiger partial charge in [-0.2, -0.15) is 0 Å². The van der Waals surface area contributed by atoms with E-state index in [4.69, 9.17) is 5.11 Å². The average Bonchev–Trinajstić information content (AvgIpc) is 2.48. The summed E-state index contributed by atoms with van der Waals surface area (Å²) in [6.07, 6.45) is 7.27. The summed E-state index contributed by atoms with van der Waals surface area (Å²) < 4.78 is 0. The van der Waals surface area contributed by atoms with Crippen molar-refractivity contribution in [3.63, 3.8) is 0 Å². The van der Waals surface area contributed by atoms with Crippen molar-refractivity contribution in [2.45, 2.75) is 44.9 Å². The van der Waals surface area contributed by atoms with Crippen molar-refractivity contribution in [2.75, 3.05) is 6.54 Å². The van der Waals surface area contributed by atoms with Gasteiger partial charge in [-0.1, -0.05) is 37.5 Å². The fourth-order valence-corrected chi connectivity index (χ4v) is 3.01. The van der Waals surface area contributed by atoms with Crippen LogP contribution in [-0.2, 0) is 11.2 Å². The third-order valence-corrected chi connectivity index (χ3v) is 4.16. The van der Waals surface area contributed by atoms with E-state index in [1.165, 1.54) is 19.3 Å². The Hall–Kier alpha value is -1.84. The molecule has 0 aromatic heterocycles. The Balaban J connectivity index is 1.76. The number of rotatable bonds is 6. The highest BCUT2D eigenvalue weighted by atomic mass is 16.4. The maximum absolute atomic E-state index is 11.9. The zero-order valence-electron chi connectivity index (χ0n) is 12.3. The van der Waals surface area contributed by atoms with Gasteiger partial charge in [-0.25, -0.2) is 4.79 Å². The number of aromatic carboxylic acids is 1. The third-order valence-electron chi connectivity index (χ3n) is 4.16. The van der Waals surface area contributed by atoms with Crippen molar-refractivity contribution in [2.24, 2.45) is 5.92 Å². The fraction of sp³-hybridized carbons (Fsp3) is 0.529. The molecule has 1 aliphatic carbocycles. The minimum atomic E-state index is -0.917. The van der Waals surface area contributed by atoms with E-state index >= 15 is 0 Å². The Morgan fingerprint density at radius 3 is 2.57 bits per heavy atom. The molecule has 0 radical (unpaired) electrons. The van der Waals surface area contributed by atoms with E-state index in [1.54, 1.807) is 18.2 Å². The van der Waals surface area contributed by atoms with Gasteiger partial charge >= 0.3 is 5.97 Å². The van der Waals surface area contributed by atoms with Crippen LogP contribution >= 0.6 is 0 Å². The molecule has 0 atom stereocenters. The third kappa shape index (κ3) is 4.88. The first-order valence-electron chi connectivity index (χ1n) is 7.74. The molecule has 1 aromatic rings. The van der Waals surface area contributed by atoms with Crippen LogP contribution in [0.3, 0.4) is 0 Å². The van der Waals surface area contributed by atoms with E-state index in [2.05, 4.69) is 5.32 Å². The first-order valence-corrected chi connectivity index (χ1v) is 7.74. The van der Waals surface area contributed by atoms with E-state index in [9.17, 15) is 9.59 Å². The molecule has 1 aliphatic rings. The van der Waals surface area contributed by atoms with Crippen molar-refractivity contribution in [3.8, 4) is 0 Å². The minimum Gasteiger partial charge on any atom is -0.478 e. The highest BCUT2D eigenvalue weighted by Crippen LogP contribution is 2.26. The molecule has 0 bridgehead atoms. The quantitative estimate of drug-likeness (QED) is 0.846. The molecule has 4 heteroatoms. The number of hydrogen-bond donors (Lipinski definition) is 2. The summed E-state index contributed by atoms with van der Waals surface area (Å²) in [7, 11) is 0. The zero-order chi connectivity index (χ0) is 15.1. The number of benzene rings is 1. The molecule has 2 N–H and O–H groups in total. The predicted octanol–water partition coefficient (Wildman–Crippen LogP) is 3.01. The molecule has 114 valence electrons. The van der Waals surface area contributed by atoms with Gasteiger partial charge < -0.3 is 10.4 Å². The Morgan fingerprint density at radius 2 is 1.86 bits per heavy atom. The van der Waals surface area contributed by atoms with Crippen LogP contribution in [0.2, 0.25) is 0 Å². The van der Waals surface area contributed by atoms with Crippen molar-refractivity contribution >= 4 is 11.9 Å². The molecule has 0 unspecified atom stereocenters. The van der Waals surface area contributed by atoms with Crippen LogP contribution in [0, 0.1) is 5.92 Å². The summed E-state index contributed by atoms with van der Waals surface area (Å²) in [5.74, 6) is -0.293. The Bertz CT molecular complexity index is 493. The molecule has 21 heavy (non-hydrogen) atoms. The summed E-state index contributed by atoms with van der Waals surface area (Å²) in [4.78, 5) is 23.0. The number of carboxylic acids is 1. The molecule has 1 amide bonds. The van der Waals surface area contributed by atoms with Gasteiger partial charge in [-0.15, -0.1) is 0 Å². The largest absolute Gasteiger partial charge is 0.478 e. The monoisotopic (exact) mass is 289 g/mol. The maximum atomic E-state index is 11.9. The lowest BCUT2D eigenvalue weighted by Crippen LogP contribution is -2.28. The van der Waals surface area contributed by atoms with E-state index in [0.29, 0.717) is 30.9 Å². The van der Waals surface area contributed by atoms with Gasteiger partial charge in [0.1, 0.15) is 0 Å². The van der Waals surface area contributed by atoms with Gasteiger partial charge in [0.2, 0.25) is 5.91 Å². The molecular formula is C17H23NO3. The summed E-state index contributed by atoms with van der Waals surface area (Å²) >= 11 is 0. The SMILES string of the molecule is O=C(CC1CCCCC1)NCCc1ccccc1C(=O)O. The second kappa shape index (κ2) is 7.81. The first-order chi connectivity index (χ1) is 10.2.